The molecule has 1 unspecified atom stereocenters. The Hall–Kier alpha value is -0.650. The van der Waals surface area contributed by atoms with Crippen molar-refractivity contribution in [2.24, 2.45) is 0 Å². The molecule has 5 nitrogen and oxygen atoms in total. The van der Waals surface area contributed by atoms with Gasteiger partial charge in [-0.25, -0.2) is 0 Å². The Morgan fingerprint density at radius 2 is 2.00 bits per heavy atom. The highest BCUT2D eigenvalue weighted by atomic mass is 16.5. The van der Waals surface area contributed by atoms with E-state index in [0.29, 0.717) is 6.04 Å². The molecule has 0 spiro atoms. The van der Waals surface area contributed by atoms with Crippen LogP contribution in [0.5, 0.6) is 0 Å². The van der Waals surface area contributed by atoms with Crippen LogP contribution >= 0.6 is 0 Å². The first-order valence-electron chi connectivity index (χ1n) is 7.41. The zero-order valence-corrected chi connectivity index (χ0v) is 12.4. The monoisotopic (exact) mass is 269 g/mol. The Morgan fingerprint density at radius 1 is 1.32 bits per heavy atom. The van der Waals surface area contributed by atoms with Crippen LogP contribution in [0.15, 0.2) is 0 Å². The molecular weight excluding hydrogens is 242 g/mol. The molecule has 2 aliphatic heterocycles. The molecule has 0 aromatic heterocycles. The van der Waals surface area contributed by atoms with E-state index in [1.165, 1.54) is 0 Å². The van der Waals surface area contributed by atoms with Crippen LogP contribution in [0.4, 0.5) is 0 Å². The Bertz CT molecular complexity index is 314. The summed E-state index contributed by atoms with van der Waals surface area (Å²) in [5, 5.41) is 3.27. The smallest absolute Gasteiger partial charge is 0.242 e. The van der Waals surface area contributed by atoms with Crippen molar-refractivity contribution in [3.63, 3.8) is 0 Å². The van der Waals surface area contributed by atoms with E-state index in [4.69, 9.17) is 4.74 Å². The van der Waals surface area contributed by atoms with Crippen LogP contribution in [0.2, 0.25) is 0 Å². The highest BCUT2D eigenvalue weighted by molar-refractivity contribution is 5.85. The van der Waals surface area contributed by atoms with Crippen LogP contribution < -0.4 is 5.32 Å². The molecule has 0 radical (unpaired) electrons. The van der Waals surface area contributed by atoms with E-state index in [2.05, 4.69) is 10.2 Å². The first-order chi connectivity index (χ1) is 9.04. The second kappa shape index (κ2) is 6.20. The molecule has 0 aliphatic carbocycles. The molecule has 1 N–H and O–H groups in total. The topological polar surface area (TPSA) is 44.8 Å². The van der Waals surface area contributed by atoms with Crippen LogP contribution in [-0.4, -0.2) is 73.2 Å². The fourth-order valence-corrected chi connectivity index (χ4v) is 3.08. The number of amides is 1. The third kappa shape index (κ3) is 3.46. The summed E-state index contributed by atoms with van der Waals surface area (Å²) >= 11 is 0. The van der Waals surface area contributed by atoms with E-state index >= 15 is 0 Å². The summed E-state index contributed by atoms with van der Waals surface area (Å²) in [5.41, 5.74) is -0.450. The van der Waals surface area contributed by atoms with Crippen molar-refractivity contribution in [1.82, 2.24) is 15.1 Å². The fourth-order valence-electron chi connectivity index (χ4n) is 3.08. The first kappa shape index (κ1) is 14.8. The second-order valence-electron chi connectivity index (χ2n) is 6.00. The van der Waals surface area contributed by atoms with Crippen molar-refractivity contribution in [3.8, 4) is 0 Å². The second-order valence-corrected chi connectivity index (χ2v) is 6.00. The molecule has 0 aromatic rings. The van der Waals surface area contributed by atoms with Crippen molar-refractivity contribution in [2.45, 2.75) is 38.8 Å². The summed E-state index contributed by atoms with van der Waals surface area (Å²) in [6, 6.07) is 0.519. The predicted octanol–water partition coefficient (Wildman–Crippen LogP) is 0.308. The third-order valence-corrected chi connectivity index (χ3v) is 4.17. The largest absolute Gasteiger partial charge is 0.379 e. The van der Waals surface area contributed by atoms with Gasteiger partial charge in [-0.2, -0.15) is 0 Å². The molecular formula is C14H27N3O2. The molecule has 0 bridgehead atoms. The van der Waals surface area contributed by atoms with Crippen LogP contribution in [0.1, 0.15) is 27.2 Å². The molecule has 2 rings (SSSR count). The molecule has 0 aromatic carbocycles. The minimum atomic E-state index is -0.450. The van der Waals surface area contributed by atoms with E-state index in [1.54, 1.807) is 0 Å². The number of carbonyl (C=O) groups excluding carboxylic acids is 1. The Balaban J connectivity index is 1.88. The number of carbonyl (C=O) groups is 1. The molecule has 19 heavy (non-hydrogen) atoms. The number of nitrogens with zero attached hydrogens (tertiary/aromatic N) is 2. The van der Waals surface area contributed by atoms with Crippen LogP contribution in [-0.2, 0) is 9.53 Å². The lowest BCUT2D eigenvalue weighted by atomic mass is 10.0. The van der Waals surface area contributed by atoms with Crippen molar-refractivity contribution < 1.29 is 9.53 Å². The van der Waals surface area contributed by atoms with Gasteiger partial charge in [0.15, 0.2) is 0 Å². The number of likely N-dealkylation sites (N-methyl/N-ethyl adjacent to an activating group) is 1. The molecule has 5 heteroatoms. The molecule has 0 saturated carbocycles. The van der Waals surface area contributed by atoms with Gasteiger partial charge < -0.3 is 15.0 Å². The lowest BCUT2D eigenvalue weighted by molar-refractivity contribution is -0.136. The number of rotatable bonds is 4. The van der Waals surface area contributed by atoms with Crippen molar-refractivity contribution in [3.05, 3.63) is 0 Å². The van der Waals surface area contributed by atoms with Gasteiger partial charge in [0.05, 0.1) is 18.8 Å². The number of hydrogen-bond donors (Lipinski definition) is 1. The summed E-state index contributed by atoms with van der Waals surface area (Å²) in [4.78, 5) is 17.0. The van der Waals surface area contributed by atoms with Gasteiger partial charge in [-0.3, -0.25) is 9.69 Å². The third-order valence-electron chi connectivity index (χ3n) is 4.17. The number of likely N-dealkylation sites (tertiary alicyclic amines) is 1. The van der Waals surface area contributed by atoms with Crippen molar-refractivity contribution in [1.29, 1.82) is 0 Å². The molecule has 1 atom stereocenters. The van der Waals surface area contributed by atoms with Crippen molar-refractivity contribution in [2.75, 3.05) is 45.9 Å². The lowest BCUT2D eigenvalue weighted by Gasteiger charge is -2.33. The van der Waals surface area contributed by atoms with Gasteiger partial charge in [0.1, 0.15) is 0 Å². The normalized spacial score (nSPS) is 25.8. The van der Waals surface area contributed by atoms with E-state index in [1.807, 2.05) is 25.7 Å². The number of nitrogens with one attached hydrogen (secondary N) is 1. The summed E-state index contributed by atoms with van der Waals surface area (Å²) in [5.74, 6) is 0.227. The zero-order chi connectivity index (χ0) is 13.9. The summed E-state index contributed by atoms with van der Waals surface area (Å²) in [6.45, 7) is 12.2. The standard InChI is InChI=1S/C14H27N3O2/c1-4-15-14(2,3)13(18)17-6-5-12(11-17)16-7-9-19-10-8-16/h12,15H,4-11H2,1-3H3. The minimum Gasteiger partial charge on any atom is -0.379 e. The van der Waals surface area contributed by atoms with E-state index in [-0.39, 0.29) is 5.91 Å². The van der Waals surface area contributed by atoms with Gasteiger partial charge in [0.25, 0.3) is 0 Å². The zero-order valence-electron chi connectivity index (χ0n) is 12.4. The fraction of sp³-hybridized carbons (Fsp3) is 0.929. The highest BCUT2D eigenvalue weighted by Gasteiger charge is 2.37. The Morgan fingerprint density at radius 3 is 2.63 bits per heavy atom. The van der Waals surface area contributed by atoms with Crippen LogP contribution in [0, 0.1) is 0 Å². The molecule has 2 heterocycles. The average molecular weight is 269 g/mol. The van der Waals surface area contributed by atoms with E-state index in [0.717, 1.165) is 52.4 Å². The molecule has 2 saturated heterocycles. The minimum absolute atomic E-state index is 0.227. The summed E-state index contributed by atoms with van der Waals surface area (Å²) < 4.78 is 5.39. The van der Waals surface area contributed by atoms with Gasteiger partial charge in [0, 0.05) is 32.2 Å². The Labute approximate surface area is 116 Å². The van der Waals surface area contributed by atoms with Crippen molar-refractivity contribution >= 4 is 5.91 Å². The van der Waals surface area contributed by atoms with Gasteiger partial charge in [0.2, 0.25) is 5.91 Å². The quantitative estimate of drug-likeness (QED) is 0.798. The predicted molar refractivity (Wildman–Crippen MR) is 75.1 cm³/mol. The SMILES string of the molecule is CCNC(C)(C)C(=O)N1CCC(N2CCOCC2)C1. The number of hydrogen-bond acceptors (Lipinski definition) is 4. The average Bonchev–Trinajstić information content (AvgIpc) is 2.88. The maximum absolute atomic E-state index is 12.5. The lowest BCUT2D eigenvalue weighted by Crippen LogP contribution is -2.54. The van der Waals surface area contributed by atoms with Crippen LogP contribution in [0.3, 0.4) is 0 Å². The maximum atomic E-state index is 12.5. The van der Waals surface area contributed by atoms with Gasteiger partial charge in [-0.1, -0.05) is 6.92 Å². The van der Waals surface area contributed by atoms with Gasteiger partial charge in [-0.05, 0) is 26.8 Å². The van der Waals surface area contributed by atoms with Crippen LogP contribution in [0.25, 0.3) is 0 Å². The number of ether oxygens (including phenoxy) is 1. The molecule has 2 fully saturated rings. The molecule has 2 aliphatic rings. The van der Waals surface area contributed by atoms with E-state index < -0.39 is 5.54 Å². The first-order valence-corrected chi connectivity index (χ1v) is 7.41. The maximum Gasteiger partial charge on any atom is 0.242 e. The summed E-state index contributed by atoms with van der Waals surface area (Å²) in [7, 11) is 0. The number of morpholine rings is 1. The summed E-state index contributed by atoms with van der Waals surface area (Å²) in [6.07, 6.45) is 1.09. The highest BCUT2D eigenvalue weighted by Crippen LogP contribution is 2.20. The van der Waals surface area contributed by atoms with Gasteiger partial charge >= 0.3 is 0 Å². The molecule has 110 valence electrons. The molecule has 1 amide bonds. The van der Waals surface area contributed by atoms with Gasteiger partial charge in [-0.15, -0.1) is 0 Å². The van der Waals surface area contributed by atoms with E-state index in [9.17, 15) is 4.79 Å². The Kier molecular flexibility index (Phi) is 4.81.